The molecule has 0 N–H and O–H groups in total. The van der Waals surface area contributed by atoms with E-state index in [-0.39, 0.29) is 11.2 Å². The molecular weight excluding hydrogens is 251 g/mol. The zero-order valence-corrected chi connectivity index (χ0v) is 12.2. The highest BCUT2D eigenvalue weighted by atomic mass is 19.1. The van der Waals surface area contributed by atoms with Gasteiger partial charge < -0.3 is 0 Å². The number of rotatable bonds is 2. The molecule has 0 saturated carbocycles. The van der Waals surface area contributed by atoms with Crippen molar-refractivity contribution in [2.75, 3.05) is 0 Å². The van der Waals surface area contributed by atoms with Crippen LogP contribution >= 0.6 is 0 Å². The number of pyridine rings is 2. The van der Waals surface area contributed by atoms with Gasteiger partial charge in [0, 0.05) is 34.6 Å². The average Bonchev–Trinajstić information content (AvgIpc) is 2.74. The van der Waals surface area contributed by atoms with E-state index in [0.717, 1.165) is 24.8 Å². The third kappa shape index (κ3) is 1.92. The molecule has 0 unspecified atom stereocenters. The number of fused-ring (bicyclic) bond motifs is 1. The summed E-state index contributed by atoms with van der Waals surface area (Å²) < 4.78 is 14.0. The van der Waals surface area contributed by atoms with Crippen LogP contribution in [0, 0.1) is 5.82 Å². The van der Waals surface area contributed by atoms with Gasteiger partial charge in [-0.3, -0.25) is 9.97 Å². The topological polar surface area (TPSA) is 25.8 Å². The summed E-state index contributed by atoms with van der Waals surface area (Å²) in [5, 5.41) is 0. The van der Waals surface area contributed by atoms with E-state index in [2.05, 4.69) is 30.7 Å². The van der Waals surface area contributed by atoms with E-state index >= 15 is 0 Å². The molecule has 1 aliphatic carbocycles. The molecular formula is C17H19FN2. The summed E-state index contributed by atoms with van der Waals surface area (Å²) in [5.41, 5.74) is 5.42. The molecule has 1 aliphatic rings. The molecule has 3 heteroatoms. The fourth-order valence-corrected chi connectivity index (χ4v) is 3.23. The maximum absolute atomic E-state index is 14.0. The first-order valence-corrected chi connectivity index (χ1v) is 7.15. The third-order valence-corrected chi connectivity index (χ3v) is 4.36. The van der Waals surface area contributed by atoms with Crippen LogP contribution in [0.3, 0.4) is 0 Å². The van der Waals surface area contributed by atoms with E-state index in [1.807, 2.05) is 6.20 Å². The van der Waals surface area contributed by atoms with Crippen LogP contribution in [-0.4, -0.2) is 9.97 Å². The highest BCUT2D eigenvalue weighted by Crippen LogP contribution is 2.41. The summed E-state index contributed by atoms with van der Waals surface area (Å²) in [5.74, 6) is -0.277. The molecule has 20 heavy (non-hydrogen) atoms. The van der Waals surface area contributed by atoms with Crippen LogP contribution in [0.4, 0.5) is 4.39 Å². The smallest absolute Gasteiger partial charge is 0.149 e. The Balaban J connectivity index is 2.23. The van der Waals surface area contributed by atoms with Crippen LogP contribution in [0.1, 0.15) is 44.0 Å². The maximum atomic E-state index is 14.0. The Labute approximate surface area is 119 Å². The first-order chi connectivity index (χ1) is 9.54. The molecule has 2 aromatic heterocycles. The van der Waals surface area contributed by atoms with Crippen LogP contribution in [0.15, 0.2) is 24.7 Å². The molecule has 0 bridgehead atoms. The molecule has 104 valence electrons. The van der Waals surface area contributed by atoms with Gasteiger partial charge in [0.15, 0.2) is 0 Å². The lowest BCUT2D eigenvalue weighted by Crippen LogP contribution is -2.14. The predicted octanol–water partition coefficient (Wildman–Crippen LogP) is 4.07. The molecule has 0 spiro atoms. The second-order valence-corrected chi connectivity index (χ2v) is 6.07. The van der Waals surface area contributed by atoms with Gasteiger partial charge in [0.25, 0.3) is 0 Å². The zero-order chi connectivity index (χ0) is 14.3. The highest BCUT2D eigenvalue weighted by molar-refractivity contribution is 5.69. The summed E-state index contributed by atoms with van der Waals surface area (Å²) in [6.07, 6.45) is 7.80. The minimum atomic E-state index is -0.277. The van der Waals surface area contributed by atoms with Crippen molar-refractivity contribution in [2.24, 2.45) is 0 Å². The van der Waals surface area contributed by atoms with Crippen LogP contribution in [0.25, 0.3) is 11.1 Å². The highest BCUT2D eigenvalue weighted by Gasteiger charge is 2.33. The Morgan fingerprint density at radius 2 is 2.05 bits per heavy atom. The molecule has 0 radical (unpaired) electrons. The van der Waals surface area contributed by atoms with Crippen molar-refractivity contribution in [3.63, 3.8) is 0 Å². The SMILES string of the molecule is CCc1c(-c2ccncc2F)cnc2c1CCC2(C)C. The molecule has 0 amide bonds. The quantitative estimate of drug-likeness (QED) is 0.822. The molecule has 0 fully saturated rings. The van der Waals surface area contributed by atoms with E-state index in [4.69, 9.17) is 0 Å². The van der Waals surface area contributed by atoms with Gasteiger partial charge in [-0.05, 0) is 36.5 Å². The second kappa shape index (κ2) is 4.65. The molecule has 0 aliphatic heterocycles. The van der Waals surface area contributed by atoms with Gasteiger partial charge in [-0.15, -0.1) is 0 Å². The van der Waals surface area contributed by atoms with Crippen LogP contribution in [0.2, 0.25) is 0 Å². The number of halogens is 1. The van der Waals surface area contributed by atoms with Crippen molar-refractivity contribution < 1.29 is 4.39 Å². The molecule has 2 heterocycles. The van der Waals surface area contributed by atoms with E-state index in [1.165, 1.54) is 23.0 Å². The fraction of sp³-hybridized carbons (Fsp3) is 0.412. The summed E-state index contributed by atoms with van der Waals surface area (Å²) in [4.78, 5) is 8.48. The van der Waals surface area contributed by atoms with Crippen molar-refractivity contribution in [2.45, 2.75) is 45.4 Å². The first kappa shape index (κ1) is 13.2. The normalized spacial score (nSPS) is 16.2. The lowest BCUT2D eigenvalue weighted by molar-refractivity contribution is 0.509. The second-order valence-electron chi connectivity index (χ2n) is 6.07. The zero-order valence-electron chi connectivity index (χ0n) is 12.2. The van der Waals surface area contributed by atoms with Crippen LogP contribution in [-0.2, 0) is 18.3 Å². The van der Waals surface area contributed by atoms with E-state index < -0.39 is 0 Å². The first-order valence-electron chi connectivity index (χ1n) is 7.15. The average molecular weight is 270 g/mol. The summed E-state index contributed by atoms with van der Waals surface area (Å²) in [7, 11) is 0. The number of hydrogen-bond acceptors (Lipinski definition) is 2. The number of nitrogens with zero attached hydrogens (tertiary/aromatic N) is 2. The van der Waals surface area contributed by atoms with Crippen molar-refractivity contribution in [3.8, 4) is 11.1 Å². The van der Waals surface area contributed by atoms with Crippen LogP contribution in [0.5, 0.6) is 0 Å². The van der Waals surface area contributed by atoms with Gasteiger partial charge in [-0.25, -0.2) is 4.39 Å². The van der Waals surface area contributed by atoms with E-state index in [9.17, 15) is 4.39 Å². The lowest BCUT2D eigenvalue weighted by Gasteiger charge is -2.19. The van der Waals surface area contributed by atoms with Gasteiger partial charge in [-0.1, -0.05) is 20.8 Å². The lowest BCUT2D eigenvalue weighted by atomic mass is 9.89. The molecule has 2 nitrogen and oxygen atoms in total. The molecule has 0 atom stereocenters. The van der Waals surface area contributed by atoms with E-state index in [1.54, 1.807) is 12.3 Å². The predicted molar refractivity (Wildman–Crippen MR) is 78.2 cm³/mol. The van der Waals surface area contributed by atoms with Gasteiger partial charge >= 0.3 is 0 Å². The molecule has 0 aromatic carbocycles. The Morgan fingerprint density at radius 1 is 1.25 bits per heavy atom. The van der Waals surface area contributed by atoms with Crippen molar-refractivity contribution in [1.29, 1.82) is 0 Å². The summed E-state index contributed by atoms with van der Waals surface area (Å²) in [6, 6.07) is 1.73. The monoisotopic (exact) mass is 270 g/mol. The molecule has 3 rings (SSSR count). The molecule has 0 saturated heterocycles. The minimum Gasteiger partial charge on any atom is -0.262 e. The Bertz CT molecular complexity index is 662. The van der Waals surface area contributed by atoms with Gasteiger partial charge in [0.2, 0.25) is 0 Å². The Morgan fingerprint density at radius 3 is 2.75 bits per heavy atom. The van der Waals surface area contributed by atoms with Crippen molar-refractivity contribution >= 4 is 0 Å². The number of aromatic nitrogens is 2. The van der Waals surface area contributed by atoms with Crippen LogP contribution < -0.4 is 0 Å². The largest absolute Gasteiger partial charge is 0.262 e. The van der Waals surface area contributed by atoms with Gasteiger partial charge in [0.05, 0.1) is 6.20 Å². The maximum Gasteiger partial charge on any atom is 0.149 e. The van der Waals surface area contributed by atoms with Gasteiger partial charge in [-0.2, -0.15) is 0 Å². The standard InChI is InChI=1S/C17H19FN2/c1-4-11-13-5-7-17(2,3)16(13)20-9-14(11)12-6-8-19-10-15(12)18/h6,8-10H,4-5,7H2,1-3H3. The van der Waals surface area contributed by atoms with Gasteiger partial charge in [0.1, 0.15) is 5.82 Å². The number of hydrogen-bond donors (Lipinski definition) is 0. The van der Waals surface area contributed by atoms with Crippen molar-refractivity contribution in [3.05, 3.63) is 47.3 Å². The summed E-state index contributed by atoms with van der Waals surface area (Å²) >= 11 is 0. The van der Waals surface area contributed by atoms with Crippen molar-refractivity contribution in [1.82, 2.24) is 9.97 Å². The fourth-order valence-electron chi connectivity index (χ4n) is 3.23. The Hall–Kier alpha value is -1.77. The minimum absolute atomic E-state index is 0.134. The Kier molecular flexibility index (Phi) is 3.08. The third-order valence-electron chi connectivity index (χ3n) is 4.36. The summed E-state index contributed by atoms with van der Waals surface area (Å²) in [6.45, 7) is 6.60. The van der Waals surface area contributed by atoms with E-state index in [0.29, 0.717) is 5.56 Å². The molecule has 2 aromatic rings.